The summed E-state index contributed by atoms with van der Waals surface area (Å²) in [6, 6.07) is 7.22. The molecule has 0 aliphatic heterocycles. The van der Waals surface area contributed by atoms with Crippen LogP contribution < -0.4 is 9.46 Å². The molecule has 3 N–H and O–H groups in total. The van der Waals surface area contributed by atoms with Crippen LogP contribution in [0.3, 0.4) is 0 Å². The van der Waals surface area contributed by atoms with Gasteiger partial charge in [-0.25, -0.2) is 27.2 Å². The predicted octanol–water partition coefficient (Wildman–Crippen LogP) is 5.17. The number of nitrogens with zero attached hydrogens (tertiary/aromatic N) is 2. The Labute approximate surface area is 217 Å². The van der Waals surface area contributed by atoms with Crippen molar-refractivity contribution in [1.29, 1.82) is 0 Å². The topological polar surface area (TPSA) is 130 Å². The number of sulfonamides is 1. The summed E-state index contributed by atoms with van der Waals surface area (Å²) in [7, 11) is -4.55. The van der Waals surface area contributed by atoms with E-state index in [1.165, 1.54) is 12.4 Å². The van der Waals surface area contributed by atoms with E-state index < -0.39 is 55.9 Å². The number of hydrogen-bond donors (Lipinski definition) is 3. The molecule has 0 saturated heterocycles. The number of carbonyl (C=O) groups is 1. The highest BCUT2D eigenvalue weighted by molar-refractivity contribution is 7.92. The normalized spacial score (nSPS) is 11.7. The molecule has 39 heavy (non-hydrogen) atoms. The van der Waals surface area contributed by atoms with E-state index in [4.69, 9.17) is 0 Å². The highest BCUT2D eigenvalue weighted by atomic mass is 32.2. The van der Waals surface area contributed by atoms with Gasteiger partial charge in [-0.1, -0.05) is 6.07 Å². The average Bonchev–Trinajstić information content (AvgIpc) is 3.51. The third-order valence-corrected chi connectivity index (χ3v) is 7.02. The number of H-pyrrole nitrogens is 2. The lowest BCUT2D eigenvalue weighted by Gasteiger charge is -2.13. The van der Waals surface area contributed by atoms with Crippen LogP contribution in [-0.4, -0.2) is 40.7 Å². The van der Waals surface area contributed by atoms with E-state index in [0.29, 0.717) is 11.4 Å². The van der Waals surface area contributed by atoms with Gasteiger partial charge >= 0.3 is 6.61 Å². The van der Waals surface area contributed by atoms with Gasteiger partial charge in [0.15, 0.2) is 5.82 Å². The average molecular weight is 560 g/mol. The lowest BCUT2D eigenvalue weighted by atomic mass is 10.0. The molecular weight excluding hydrogens is 542 g/mol. The molecule has 0 spiro atoms. The summed E-state index contributed by atoms with van der Waals surface area (Å²) >= 11 is 0. The molecule has 0 amide bonds. The Kier molecular flexibility index (Phi) is 6.56. The van der Waals surface area contributed by atoms with Crippen LogP contribution in [0.2, 0.25) is 0 Å². The summed E-state index contributed by atoms with van der Waals surface area (Å²) < 4.78 is 87.0. The fraction of sp³-hybridized carbons (Fsp3) is 0.0800. The number of nitrogens with one attached hydrogen (secondary N) is 3. The lowest BCUT2D eigenvalue weighted by molar-refractivity contribution is -0.0500. The van der Waals surface area contributed by atoms with Gasteiger partial charge in [-0.3, -0.25) is 9.52 Å². The first-order valence-corrected chi connectivity index (χ1v) is 12.6. The first-order chi connectivity index (χ1) is 18.5. The molecule has 0 radical (unpaired) electrons. The minimum absolute atomic E-state index is 0.114. The van der Waals surface area contributed by atoms with Crippen molar-refractivity contribution in [2.75, 3.05) is 4.72 Å². The molecule has 0 unspecified atom stereocenters. The number of fused-ring (bicyclic) bond motifs is 1. The number of alkyl halides is 2. The Morgan fingerprint density at radius 2 is 1.87 bits per heavy atom. The van der Waals surface area contributed by atoms with Crippen LogP contribution in [0.4, 0.5) is 23.2 Å². The maximum atomic E-state index is 15.5. The van der Waals surface area contributed by atoms with Crippen molar-refractivity contribution in [3.8, 4) is 17.1 Å². The molecule has 5 rings (SSSR count). The molecule has 5 aromatic rings. The molecule has 3 aromatic heterocycles. The highest BCUT2D eigenvalue weighted by Gasteiger charge is 2.27. The van der Waals surface area contributed by atoms with E-state index in [0.717, 1.165) is 42.1 Å². The molecule has 0 aliphatic carbocycles. The van der Waals surface area contributed by atoms with E-state index in [2.05, 4.69) is 24.7 Å². The molecule has 0 aliphatic rings. The molecule has 14 heteroatoms. The zero-order valence-electron chi connectivity index (χ0n) is 19.8. The van der Waals surface area contributed by atoms with Crippen molar-refractivity contribution in [3.63, 3.8) is 0 Å². The van der Waals surface area contributed by atoms with Crippen molar-refractivity contribution >= 4 is 32.5 Å². The third-order valence-electron chi connectivity index (χ3n) is 5.66. The van der Waals surface area contributed by atoms with Crippen LogP contribution in [-0.2, 0) is 10.0 Å². The van der Waals surface area contributed by atoms with Gasteiger partial charge in [-0.05, 0) is 37.3 Å². The first kappa shape index (κ1) is 25.9. The van der Waals surface area contributed by atoms with E-state index in [1.54, 1.807) is 19.2 Å². The largest absolute Gasteiger partial charge is 0.435 e. The number of halogens is 4. The maximum Gasteiger partial charge on any atom is 0.387 e. The number of anilines is 1. The zero-order chi connectivity index (χ0) is 27.9. The Hall–Kier alpha value is -4.72. The van der Waals surface area contributed by atoms with Gasteiger partial charge in [-0.15, -0.1) is 0 Å². The quantitative estimate of drug-likeness (QED) is 0.178. The highest BCUT2D eigenvalue weighted by Crippen LogP contribution is 2.30. The predicted molar refractivity (Wildman–Crippen MR) is 132 cm³/mol. The Morgan fingerprint density at radius 1 is 1.08 bits per heavy atom. The summed E-state index contributed by atoms with van der Waals surface area (Å²) in [6.45, 7) is -1.40. The summed E-state index contributed by atoms with van der Waals surface area (Å²) in [6.07, 6.45) is 4.34. The van der Waals surface area contributed by atoms with Gasteiger partial charge < -0.3 is 14.7 Å². The molecular formula is C25H17F4N5O4S. The summed E-state index contributed by atoms with van der Waals surface area (Å²) in [5.74, 6) is -3.74. The van der Waals surface area contributed by atoms with Crippen molar-refractivity contribution in [2.24, 2.45) is 0 Å². The monoisotopic (exact) mass is 559 g/mol. The van der Waals surface area contributed by atoms with Gasteiger partial charge in [-0.2, -0.15) is 8.78 Å². The zero-order valence-corrected chi connectivity index (χ0v) is 20.6. The minimum Gasteiger partial charge on any atom is -0.435 e. The number of pyridine rings is 1. The van der Waals surface area contributed by atoms with Crippen LogP contribution in [0.1, 0.15) is 21.6 Å². The van der Waals surface area contributed by atoms with Gasteiger partial charge in [0.1, 0.15) is 23.0 Å². The van der Waals surface area contributed by atoms with E-state index in [1.807, 2.05) is 4.72 Å². The molecule has 9 nitrogen and oxygen atoms in total. The van der Waals surface area contributed by atoms with Crippen molar-refractivity contribution in [3.05, 3.63) is 89.5 Å². The number of ether oxygens (including phenoxy) is 1. The second-order valence-electron chi connectivity index (χ2n) is 8.31. The molecule has 0 bridgehead atoms. The van der Waals surface area contributed by atoms with Crippen LogP contribution in [0, 0.1) is 18.6 Å². The number of hydrogen-bond acceptors (Lipinski definition) is 6. The summed E-state index contributed by atoms with van der Waals surface area (Å²) in [4.78, 5) is 27.0. The minimum atomic E-state index is -4.55. The Balaban J connectivity index is 1.51. The number of aromatic nitrogens is 4. The van der Waals surface area contributed by atoms with E-state index in [-0.39, 0.29) is 16.6 Å². The van der Waals surface area contributed by atoms with Crippen molar-refractivity contribution in [2.45, 2.75) is 18.4 Å². The second kappa shape index (κ2) is 9.87. The summed E-state index contributed by atoms with van der Waals surface area (Å²) in [5.41, 5.74) is -0.280. The molecule has 2 aromatic carbocycles. The van der Waals surface area contributed by atoms with Gasteiger partial charge in [0.25, 0.3) is 10.0 Å². The smallest absolute Gasteiger partial charge is 0.387 e. The van der Waals surface area contributed by atoms with Crippen LogP contribution in [0.5, 0.6) is 5.75 Å². The first-order valence-electron chi connectivity index (χ1n) is 11.1. The molecule has 200 valence electrons. The molecule has 0 saturated carbocycles. The van der Waals surface area contributed by atoms with Crippen LogP contribution in [0.25, 0.3) is 22.4 Å². The lowest BCUT2D eigenvalue weighted by Crippen LogP contribution is -2.16. The fourth-order valence-electron chi connectivity index (χ4n) is 3.88. The number of aryl methyl sites for hydroxylation is 1. The second-order valence-corrected chi connectivity index (χ2v) is 9.99. The van der Waals surface area contributed by atoms with Crippen molar-refractivity contribution in [1.82, 2.24) is 19.9 Å². The van der Waals surface area contributed by atoms with Crippen LogP contribution >= 0.6 is 0 Å². The molecule has 3 heterocycles. The molecule has 0 atom stereocenters. The molecule has 0 fully saturated rings. The number of benzene rings is 2. The van der Waals surface area contributed by atoms with E-state index in [9.17, 15) is 26.4 Å². The van der Waals surface area contributed by atoms with E-state index >= 15 is 4.39 Å². The number of carbonyl (C=O) groups excluding carboxylic acids is 1. The standard InChI is InChI=1S/C25H17F4N5O4S/c1-12-9-30-23(33-12)13-7-16-17(11-32-24(16)31-10-13)22(35)20-18(26)5-6-19(21(20)27)34-39(36,37)15-4-2-3-14(8-15)38-25(28)29/h2-11,25,34H,1H3,(H,30,33)(H,31,32). The van der Waals surface area contributed by atoms with Gasteiger partial charge in [0, 0.05) is 46.9 Å². The number of rotatable bonds is 8. The SMILES string of the molecule is Cc1cnc(-c2cnc3[nH]cc(C(=O)c4c(F)ccc(NS(=O)(=O)c5cccc(OC(F)F)c5)c4F)c3c2)[nH]1. The third kappa shape index (κ3) is 5.05. The number of ketones is 1. The van der Waals surface area contributed by atoms with Crippen molar-refractivity contribution < 1.29 is 35.5 Å². The van der Waals surface area contributed by atoms with Gasteiger partial charge in [0.2, 0.25) is 5.78 Å². The number of aromatic amines is 2. The number of imidazole rings is 1. The maximum absolute atomic E-state index is 15.5. The summed E-state index contributed by atoms with van der Waals surface area (Å²) in [5, 5.41) is 0.257. The fourth-order valence-corrected chi connectivity index (χ4v) is 4.97. The van der Waals surface area contributed by atoms with Gasteiger partial charge in [0.05, 0.1) is 16.1 Å². The Morgan fingerprint density at radius 3 is 2.59 bits per heavy atom. The Bertz CT molecular complexity index is 1840. The van der Waals surface area contributed by atoms with Crippen LogP contribution in [0.15, 0.2) is 66.0 Å².